The van der Waals surface area contributed by atoms with E-state index in [1.165, 1.54) is 30.6 Å². The molecule has 4 rings (SSSR count). The van der Waals surface area contributed by atoms with Crippen LogP contribution in [0.5, 0.6) is 0 Å². The third-order valence-corrected chi connectivity index (χ3v) is 6.78. The van der Waals surface area contributed by atoms with E-state index in [2.05, 4.69) is 15.5 Å². The molecule has 0 unspecified atom stereocenters. The number of thiophene rings is 1. The molecule has 4 aromatic rings. The maximum absolute atomic E-state index is 13.4. The highest BCUT2D eigenvalue weighted by molar-refractivity contribution is 7.99. The fourth-order valence-electron chi connectivity index (χ4n) is 3.16. The van der Waals surface area contributed by atoms with Crippen molar-refractivity contribution in [2.45, 2.75) is 12.1 Å². The van der Waals surface area contributed by atoms with Crippen LogP contribution < -0.4 is 5.32 Å². The van der Waals surface area contributed by atoms with Gasteiger partial charge in [0.2, 0.25) is 11.8 Å². The zero-order chi connectivity index (χ0) is 24.2. The highest BCUT2D eigenvalue weighted by Crippen LogP contribution is 2.40. The van der Waals surface area contributed by atoms with Gasteiger partial charge in [0, 0.05) is 21.0 Å². The van der Waals surface area contributed by atoms with Gasteiger partial charge in [0.25, 0.3) is 5.22 Å². The Morgan fingerprint density at radius 2 is 1.79 bits per heavy atom. The molecule has 0 aliphatic carbocycles. The van der Waals surface area contributed by atoms with Gasteiger partial charge in [-0.1, -0.05) is 35.5 Å². The largest absolute Gasteiger partial charge is 0.465 e. The van der Waals surface area contributed by atoms with Crippen LogP contribution in [0.15, 0.2) is 58.2 Å². The van der Waals surface area contributed by atoms with Crippen LogP contribution in [0.25, 0.3) is 22.6 Å². The van der Waals surface area contributed by atoms with E-state index in [0.29, 0.717) is 32.6 Å². The van der Waals surface area contributed by atoms with Crippen molar-refractivity contribution in [3.05, 3.63) is 69.8 Å². The lowest BCUT2D eigenvalue weighted by Gasteiger charge is -2.08. The summed E-state index contributed by atoms with van der Waals surface area (Å²) in [6, 6.07) is 12.7. The molecule has 34 heavy (non-hydrogen) atoms. The summed E-state index contributed by atoms with van der Waals surface area (Å²) in [5.74, 6) is -1.07. The number of methoxy groups -OCH3 is 1. The minimum atomic E-state index is -0.601. The van der Waals surface area contributed by atoms with E-state index in [9.17, 15) is 14.0 Å². The number of aromatic nitrogens is 2. The average Bonchev–Trinajstić information content (AvgIpc) is 3.42. The van der Waals surface area contributed by atoms with Crippen LogP contribution in [0.1, 0.15) is 15.2 Å². The van der Waals surface area contributed by atoms with Crippen LogP contribution in [0.2, 0.25) is 5.02 Å². The molecule has 11 heteroatoms. The fourth-order valence-corrected chi connectivity index (χ4v) is 4.93. The molecule has 0 fully saturated rings. The molecular weight excluding hydrogens is 501 g/mol. The Bertz CT molecular complexity index is 1340. The summed E-state index contributed by atoms with van der Waals surface area (Å²) in [5.41, 5.74) is 2.16. The molecule has 0 bridgehead atoms. The molecule has 1 amide bonds. The van der Waals surface area contributed by atoms with E-state index in [0.717, 1.165) is 16.6 Å². The highest BCUT2D eigenvalue weighted by atomic mass is 35.5. The van der Waals surface area contributed by atoms with Crippen LogP contribution in [0, 0.1) is 12.7 Å². The quantitative estimate of drug-likeness (QED) is 0.234. The number of nitrogens with zero attached hydrogens (tertiary/aromatic N) is 2. The lowest BCUT2D eigenvalue weighted by atomic mass is 10.0. The predicted molar refractivity (Wildman–Crippen MR) is 130 cm³/mol. The molecule has 2 aromatic carbocycles. The molecule has 2 aromatic heterocycles. The van der Waals surface area contributed by atoms with Crippen molar-refractivity contribution >= 4 is 51.6 Å². The number of hydrogen-bond acceptors (Lipinski definition) is 8. The van der Waals surface area contributed by atoms with Crippen LogP contribution in [0.4, 0.5) is 9.39 Å². The van der Waals surface area contributed by atoms with Crippen molar-refractivity contribution in [3.8, 4) is 22.6 Å². The summed E-state index contributed by atoms with van der Waals surface area (Å²) < 4.78 is 23.9. The number of aryl methyl sites for hydroxylation is 1. The summed E-state index contributed by atoms with van der Waals surface area (Å²) in [5, 5.41) is 11.9. The number of carbonyl (C=O) groups excluding carboxylic acids is 2. The summed E-state index contributed by atoms with van der Waals surface area (Å²) in [4.78, 5) is 26.0. The number of ether oxygens (including phenoxy) is 1. The topological polar surface area (TPSA) is 94.3 Å². The molecule has 0 aliphatic heterocycles. The molecule has 0 radical (unpaired) electrons. The molecule has 0 saturated carbocycles. The second kappa shape index (κ2) is 10.4. The van der Waals surface area contributed by atoms with Gasteiger partial charge in [-0.25, -0.2) is 9.18 Å². The summed E-state index contributed by atoms with van der Waals surface area (Å²) >= 11 is 8.19. The Morgan fingerprint density at radius 3 is 2.47 bits per heavy atom. The van der Waals surface area contributed by atoms with Crippen molar-refractivity contribution in [1.29, 1.82) is 0 Å². The predicted octanol–water partition coefficient (Wildman–Crippen LogP) is 6.08. The minimum absolute atomic E-state index is 0.0221. The van der Waals surface area contributed by atoms with Crippen LogP contribution in [0.3, 0.4) is 0 Å². The Kier molecular flexibility index (Phi) is 7.30. The number of halogens is 2. The number of benzene rings is 2. The molecule has 7 nitrogen and oxygen atoms in total. The van der Waals surface area contributed by atoms with Crippen LogP contribution in [-0.4, -0.2) is 34.9 Å². The first kappa shape index (κ1) is 23.9. The lowest BCUT2D eigenvalue weighted by Crippen LogP contribution is -2.16. The average molecular weight is 518 g/mol. The number of esters is 1. The summed E-state index contributed by atoms with van der Waals surface area (Å²) in [7, 11) is 1.26. The first-order valence-electron chi connectivity index (χ1n) is 9.85. The van der Waals surface area contributed by atoms with Gasteiger partial charge in [0.1, 0.15) is 16.4 Å². The Morgan fingerprint density at radius 1 is 1.12 bits per heavy atom. The molecular formula is C23H17ClFN3O4S2. The number of amides is 1. The Hall–Kier alpha value is -3.21. The van der Waals surface area contributed by atoms with E-state index in [-0.39, 0.29) is 28.3 Å². The van der Waals surface area contributed by atoms with E-state index in [1.54, 1.807) is 36.4 Å². The van der Waals surface area contributed by atoms with Gasteiger partial charge < -0.3 is 14.5 Å². The normalized spacial score (nSPS) is 10.8. The van der Waals surface area contributed by atoms with Gasteiger partial charge >= 0.3 is 5.97 Å². The molecule has 0 saturated heterocycles. The van der Waals surface area contributed by atoms with Crippen molar-refractivity contribution in [2.24, 2.45) is 0 Å². The maximum atomic E-state index is 13.4. The van der Waals surface area contributed by atoms with Crippen molar-refractivity contribution in [3.63, 3.8) is 0 Å². The van der Waals surface area contributed by atoms with E-state index in [1.807, 2.05) is 6.92 Å². The third-order valence-electron chi connectivity index (χ3n) is 4.68. The Labute approximate surface area is 207 Å². The molecule has 0 atom stereocenters. The first-order valence-corrected chi connectivity index (χ1v) is 12.0. The number of carbonyl (C=O) groups is 2. The van der Waals surface area contributed by atoms with Crippen molar-refractivity contribution in [2.75, 3.05) is 18.2 Å². The van der Waals surface area contributed by atoms with E-state index < -0.39 is 5.97 Å². The fraction of sp³-hybridized carbons (Fsp3) is 0.130. The third kappa shape index (κ3) is 5.30. The molecule has 0 spiro atoms. The second-order valence-electron chi connectivity index (χ2n) is 6.95. The van der Waals surface area contributed by atoms with Crippen LogP contribution >= 0.6 is 34.7 Å². The summed E-state index contributed by atoms with van der Waals surface area (Å²) in [6.45, 7) is 1.82. The summed E-state index contributed by atoms with van der Waals surface area (Å²) in [6.07, 6.45) is 0. The smallest absolute Gasteiger partial charge is 0.341 e. The van der Waals surface area contributed by atoms with Gasteiger partial charge in [-0.3, -0.25) is 4.79 Å². The molecule has 174 valence electrons. The number of anilines is 1. The monoisotopic (exact) mass is 517 g/mol. The standard InChI is InChI=1S/C23H17ClFN3O4S2/c1-12-18(13-5-9-16(25)10-6-13)19(22(30)31-2)21(34-12)26-17(29)11-33-23-28-27-20(32-23)14-3-7-15(24)8-4-14/h3-10H,11H2,1-2H3,(H,26,29). The number of hydrogen-bond donors (Lipinski definition) is 1. The molecule has 0 aliphatic rings. The highest BCUT2D eigenvalue weighted by Gasteiger charge is 2.25. The SMILES string of the molecule is COC(=O)c1c(NC(=O)CSc2nnc(-c3ccc(Cl)cc3)o2)sc(C)c1-c1ccc(F)cc1. The second-order valence-corrected chi connectivity index (χ2v) is 9.54. The zero-order valence-corrected chi connectivity index (χ0v) is 20.3. The minimum Gasteiger partial charge on any atom is -0.465 e. The van der Waals surface area contributed by atoms with E-state index >= 15 is 0 Å². The van der Waals surface area contributed by atoms with Crippen molar-refractivity contribution < 1.29 is 23.1 Å². The van der Waals surface area contributed by atoms with Gasteiger partial charge in [-0.05, 0) is 48.9 Å². The van der Waals surface area contributed by atoms with Gasteiger partial charge in [-0.2, -0.15) is 0 Å². The first-order chi connectivity index (χ1) is 16.4. The van der Waals surface area contributed by atoms with E-state index in [4.69, 9.17) is 20.8 Å². The Balaban J connectivity index is 1.49. The maximum Gasteiger partial charge on any atom is 0.341 e. The number of nitrogens with one attached hydrogen (secondary N) is 1. The van der Waals surface area contributed by atoms with Gasteiger partial charge in [0.05, 0.1) is 12.9 Å². The van der Waals surface area contributed by atoms with Crippen molar-refractivity contribution in [1.82, 2.24) is 10.2 Å². The van der Waals surface area contributed by atoms with Gasteiger partial charge in [-0.15, -0.1) is 21.5 Å². The number of thioether (sulfide) groups is 1. The molecule has 2 heterocycles. The van der Waals surface area contributed by atoms with Gasteiger partial charge in [0.15, 0.2) is 0 Å². The number of rotatable bonds is 7. The lowest BCUT2D eigenvalue weighted by molar-refractivity contribution is -0.113. The van der Waals surface area contributed by atoms with Crippen LogP contribution in [-0.2, 0) is 9.53 Å². The zero-order valence-electron chi connectivity index (χ0n) is 17.9. The molecule has 1 N–H and O–H groups in total.